The quantitative estimate of drug-likeness (QED) is 0.144. The van der Waals surface area contributed by atoms with E-state index in [9.17, 15) is 0 Å². The summed E-state index contributed by atoms with van der Waals surface area (Å²) in [4.78, 5) is 7.04. The first-order valence-electron chi connectivity index (χ1n) is 15.5. The van der Waals surface area contributed by atoms with Crippen LogP contribution in [0.3, 0.4) is 0 Å². The molecule has 7 aromatic carbocycles. The second kappa shape index (κ2) is 14.7. The second-order valence-corrected chi connectivity index (χ2v) is 13.8. The lowest BCUT2D eigenvalue weighted by Crippen LogP contribution is -2.21. The number of para-hydroxylation sites is 4. The summed E-state index contributed by atoms with van der Waals surface area (Å²) in [7, 11) is 0. The third-order valence-electron chi connectivity index (χ3n) is 8.00. The van der Waals surface area contributed by atoms with Gasteiger partial charge in [-0.05, 0) is 121 Å². The van der Waals surface area contributed by atoms with E-state index in [4.69, 9.17) is 0 Å². The molecule has 0 amide bonds. The number of halogens is 3. The van der Waals surface area contributed by atoms with Crippen molar-refractivity contribution in [1.82, 2.24) is 0 Å². The maximum absolute atomic E-state index is 3.67. The Labute approximate surface area is 307 Å². The Morgan fingerprint density at radius 1 is 0.250 bits per heavy atom. The van der Waals surface area contributed by atoms with Crippen molar-refractivity contribution >= 4 is 99.0 Å². The predicted octanol–water partition coefficient (Wildman–Crippen LogP) is 14.4. The van der Waals surface area contributed by atoms with Crippen LogP contribution in [0.4, 0.5) is 51.2 Å². The number of hydrogen-bond donors (Lipinski definition) is 0. The van der Waals surface area contributed by atoms with Gasteiger partial charge in [-0.2, -0.15) is 0 Å². The van der Waals surface area contributed by atoms with Crippen molar-refractivity contribution in [3.05, 3.63) is 195 Å². The molecule has 6 heteroatoms. The fraction of sp³-hybridized carbons (Fsp3) is 0. The van der Waals surface area contributed by atoms with Crippen LogP contribution in [-0.2, 0) is 0 Å². The van der Waals surface area contributed by atoms with E-state index in [1.165, 1.54) is 0 Å². The average molecular weight is 816 g/mol. The molecule has 48 heavy (non-hydrogen) atoms. The van der Waals surface area contributed by atoms with Gasteiger partial charge < -0.3 is 14.7 Å². The van der Waals surface area contributed by atoms with E-state index < -0.39 is 0 Å². The van der Waals surface area contributed by atoms with E-state index in [0.717, 1.165) is 64.6 Å². The first kappa shape index (κ1) is 32.0. The van der Waals surface area contributed by atoms with Crippen LogP contribution in [-0.4, -0.2) is 0 Å². The highest BCUT2D eigenvalue weighted by Gasteiger charge is 2.28. The minimum Gasteiger partial charge on any atom is -0.308 e. The van der Waals surface area contributed by atoms with E-state index >= 15 is 0 Å². The Hall–Kier alpha value is -4.62. The molecule has 0 N–H and O–H groups in total. The highest BCUT2D eigenvalue weighted by atomic mass is 79.9. The van der Waals surface area contributed by atoms with Gasteiger partial charge in [0, 0.05) is 47.5 Å². The Balaban J connectivity index is 1.60. The Morgan fingerprint density at radius 3 is 0.854 bits per heavy atom. The fourth-order valence-corrected chi connectivity index (χ4v) is 6.67. The molecule has 0 spiro atoms. The molecule has 3 nitrogen and oxygen atoms in total. The van der Waals surface area contributed by atoms with Crippen LogP contribution < -0.4 is 14.7 Å². The van der Waals surface area contributed by atoms with Crippen molar-refractivity contribution in [2.24, 2.45) is 0 Å². The van der Waals surface area contributed by atoms with E-state index in [-0.39, 0.29) is 0 Å². The summed E-state index contributed by atoms with van der Waals surface area (Å²) in [5.74, 6) is 0. The molecule has 0 aromatic heterocycles. The molecule has 0 heterocycles. The van der Waals surface area contributed by atoms with E-state index in [1.807, 2.05) is 0 Å². The third-order valence-corrected chi connectivity index (χ3v) is 9.58. The van der Waals surface area contributed by atoms with E-state index in [1.54, 1.807) is 0 Å². The Morgan fingerprint density at radius 2 is 0.521 bits per heavy atom. The topological polar surface area (TPSA) is 9.72 Å². The molecule has 7 rings (SSSR count). The van der Waals surface area contributed by atoms with Gasteiger partial charge in [-0.15, -0.1) is 0 Å². The summed E-state index contributed by atoms with van der Waals surface area (Å²) in [5.41, 5.74) is 9.32. The van der Waals surface area contributed by atoms with Crippen LogP contribution >= 0.6 is 47.8 Å². The fourth-order valence-electron chi connectivity index (χ4n) is 5.87. The SMILES string of the molecule is Brc1ccc(N(c2ccccc2)c2cccc(N(c3ccccc3)c3ccc(Br)cc3)c2N(c2ccccc2)c2ccc(Br)cc2)cc1. The van der Waals surface area contributed by atoms with Crippen LogP contribution in [0.2, 0.25) is 0 Å². The van der Waals surface area contributed by atoms with Gasteiger partial charge in [0.25, 0.3) is 0 Å². The predicted molar refractivity (Wildman–Crippen MR) is 214 cm³/mol. The number of rotatable bonds is 9. The van der Waals surface area contributed by atoms with Crippen molar-refractivity contribution in [1.29, 1.82) is 0 Å². The maximum atomic E-state index is 3.67. The lowest BCUT2D eigenvalue weighted by Gasteiger charge is -2.37. The van der Waals surface area contributed by atoms with Crippen LogP contribution in [0.1, 0.15) is 0 Å². The standard InChI is InChI=1S/C42H30Br3N3/c43-31-19-25-37(26-20-31)46(34-11-4-1-5-12-34)40-17-10-18-41(47(35-13-6-2-7-14-35)38-27-21-32(44)22-28-38)42(40)48(36-15-8-3-9-16-36)39-29-23-33(45)24-30-39/h1-30H. The third kappa shape index (κ3) is 6.83. The van der Waals surface area contributed by atoms with Crippen molar-refractivity contribution < 1.29 is 0 Å². The van der Waals surface area contributed by atoms with Gasteiger partial charge in [0.2, 0.25) is 0 Å². The summed E-state index contributed by atoms with van der Waals surface area (Å²) < 4.78 is 3.08. The summed E-state index contributed by atoms with van der Waals surface area (Å²) in [5, 5.41) is 0. The largest absolute Gasteiger partial charge is 0.308 e. The molecule has 0 unspecified atom stereocenters. The molecule has 0 aliphatic carbocycles. The number of benzene rings is 7. The Kier molecular flexibility index (Phi) is 9.75. The maximum Gasteiger partial charge on any atom is 0.0946 e. The molecule has 0 saturated carbocycles. The molecular formula is C42H30Br3N3. The van der Waals surface area contributed by atoms with Crippen molar-refractivity contribution in [3.63, 3.8) is 0 Å². The van der Waals surface area contributed by atoms with Gasteiger partial charge in [-0.1, -0.05) is 108 Å². The molecular weight excluding hydrogens is 786 g/mol. The second-order valence-electron chi connectivity index (χ2n) is 11.1. The Bertz CT molecular complexity index is 1980. The summed E-state index contributed by atoms with van der Waals surface area (Å²) in [6, 6.07) is 63.8. The summed E-state index contributed by atoms with van der Waals surface area (Å²) in [6.07, 6.45) is 0. The first-order valence-corrected chi connectivity index (χ1v) is 17.9. The van der Waals surface area contributed by atoms with Crippen molar-refractivity contribution in [3.8, 4) is 0 Å². The highest BCUT2D eigenvalue weighted by molar-refractivity contribution is 9.11. The molecule has 0 fully saturated rings. The van der Waals surface area contributed by atoms with E-state index in [2.05, 4.69) is 244 Å². The molecule has 0 radical (unpaired) electrons. The summed E-state index contributed by atoms with van der Waals surface area (Å²) >= 11 is 11.0. The van der Waals surface area contributed by atoms with Crippen LogP contribution in [0, 0.1) is 0 Å². The lowest BCUT2D eigenvalue weighted by molar-refractivity contribution is 1.19. The zero-order chi connectivity index (χ0) is 32.9. The van der Waals surface area contributed by atoms with E-state index in [0.29, 0.717) is 0 Å². The zero-order valence-electron chi connectivity index (χ0n) is 25.8. The van der Waals surface area contributed by atoms with Crippen molar-refractivity contribution in [2.45, 2.75) is 0 Å². The summed E-state index contributed by atoms with van der Waals surface area (Å²) in [6.45, 7) is 0. The molecule has 0 saturated heterocycles. The van der Waals surface area contributed by atoms with Gasteiger partial charge in [0.1, 0.15) is 0 Å². The molecule has 0 bridgehead atoms. The zero-order valence-corrected chi connectivity index (χ0v) is 30.6. The van der Waals surface area contributed by atoms with Crippen LogP contribution in [0.15, 0.2) is 195 Å². The average Bonchev–Trinajstić information content (AvgIpc) is 3.13. The smallest absolute Gasteiger partial charge is 0.0946 e. The molecule has 7 aromatic rings. The van der Waals surface area contributed by atoms with Crippen LogP contribution in [0.25, 0.3) is 0 Å². The normalized spacial score (nSPS) is 10.8. The van der Waals surface area contributed by atoms with Gasteiger partial charge in [-0.25, -0.2) is 0 Å². The van der Waals surface area contributed by atoms with Gasteiger partial charge in [0.05, 0.1) is 17.1 Å². The molecule has 0 aliphatic rings. The molecule has 0 atom stereocenters. The minimum atomic E-state index is 1.02. The first-order chi connectivity index (χ1) is 23.6. The lowest BCUT2D eigenvalue weighted by atomic mass is 10.1. The number of nitrogens with zero attached hydrogens (tertiary/aromatic N) is 3. The van der Waals surface area contributed by atoms with Gasteiger partial charge >= 0.3 is 0 Å². The number of hydrogen-bond acceptors (Lipinski definition) is 3. The highest BCUT2D eigenvalue weighted by Crippen LogP contribution is 2.52. The molecule has 234 valence electrons. The van der Waals surface area contributed by atoms with Crippen molar-refractivity contribution in [2.75, 3.05) is 14.7 Å². The monoisotopic (exact) mass is 813 g/mol. The minimum absolute atomic E-state index is 1.02. The van der Waals surface area contributed by atoms with Gasteiger partial charge in [0.15, 0.2) is 0 Å². The molecule has 0 aliphatic heterocycles. The number of anilines is 9. The van der Waals surface area contributed by atoms with Crippen LogP contribution in [0.5, 0.6) is 0 Å². The van der Waals surface area contributed by atoms with Gasteiger partial charge in [-0.3, -0.25) is 0 Å².